The van der Waals surface area contributed by atoms with Crippen LogP contribution < -0.4 is 5.90 Å². The van der Waals surface area contributed by atoms with Gasteiger partial charge < -0.3 is 4.84 Å². The minimum Gasteiger partial charge on any atom is -0.305 e. The van der Waals surface area contributed by atoms with Crippen molar-refractivity contribution < 1.29 is 4.84 Å². The molecule has 0 saturated carbocycles. The molecule has 0 aliphatic rings. The summed E-state index contributed by atoms with van der Waals surface area (Å²) in [5.74, 6) is 4.90. The lowest BCUT2D eigenvalue weighted by Gasteiger charge is -2.17. The molecular weight excluding hydrogens is 152 g/mol. The van der Waals surface area contributed by atoms with Crippen LogP contribution in [0.25, 0.3) is 0 Å². The summed E-state index contributed by atoms with van der Waals surface area (Å²) < 4.78 is 0. The van der Waals surface area contributed by atoms with Crippen molar-refractivity contribution in [3.63, 3.8) is 0 Å². The van der Waals surface area contributed by atoms with E-state index >= 15 is 0 Å². The third-order valence-corrected chi connectivity index (χ3v) is 1.51. The minimum atomic E-state index is 0.602. The quantitative estimate of drug-likeness (QED) is 0.335. The van der Waals surface area contributed by atoms with Crippen molar-refractivity contribution in [2.24, 2.45) is 5.90 Å². The Morgan fingerprint density at radius 1 is 1.25 bits per heavy atom. The molecule has 0 fully saturated rings. The van der Waals surface area contributed by atoms with Gasteiger partial charge in [0.15, 0.2) is 0 Å². The molecule has 0 unspecified atom stereocenters. The van der Waals surface area contributed by atoms with E-state index in [9.17, 15) is 0 Å². The van der Waals surface area contributed by atoms with E-state index in [1.807, 2.05) is 12.2 Å². The Bertz CT molecular complexity index is 116. The molecule has 0 amide bonds. The maximum absolute atomic E-state index is 4.90. The zero-order valence-corrected chi connectivity index (χ0v) is 7.54. The summed E-state index contributed by atoms with van der Waals surface area (Å²) in [5.41, 5.74) is 0. The fraction of sp³-hybridized carbons (Fsp3) is 0.556. The van der Waals surface area contributed by atoms with E-state index < -0.39 is 0 Å². The van der Waals surface area contributed by atoms with E-state index in [2.05, 4.69) is 22.9 Å². The molecule has 0 heterocycles. The molecule has 0 aromatic rings. The average Bonchev–Trinajstić information content (AvgIpc) is 2.06. The highest BCUT2D eigenvalue weighted by Gasteiger charge is 1.98. The van der Waals surface area contributed by atoms with Gasteiger partial charge in [-0.25, -0.2) is 5.90 Å². The molecular formula is C9H18N2O. The van der Waals surface area contributed by atoms with E-state index in [0.29, 0.717) is 6.61 Å². The van der Waals surface area contributed by atoms with Crippen LogP contribution in [0.5, 0.6) is 0 Å². The molecule has 0 spiro atoms. The molecule has 2 N–H and O–H groups in total. The largest absolute Gasteiger partial charge is 0.305 e. The summed E-state index contributed by atoms with van der Waals surface area (Å²) >= 11 is 0. The number of rotatable bonds is 8. The van der Waals surface area contributed by atoms with E-state index in [0.717, 1.165) is 26.1 Å². The maximum atomic E-state index is 4.90. The van der Waals surface area contributed by atoms with Crippen molar-refractivity contribution in [1.29, 1.82) is 0 Å². The summed E-state index contributed by atoms with van der Waals surface area (Å²) in [6, 6.07) is 0. The molecule has 0 aromatic heterocycles. The Morgan fingerprint density at radius 2 is 1.83 bits per heavy atom. The first-order valence-electron chi connectivity index (χ1n) is 4.11. The molecule has 0 radical (unpaired) electrons. The van der Waals surface area contributed by atoms with Crippen molar-refractivity contribution in [2.45, 2.75) is 6.42 Å². The Balaban J connectivity index is 3.47. The van der Waals surface area contributed by atoms with E-state index in [-0.39, 0.29) is 0 Å². The normalized spacial score (nSPS) is 10.2. The lowest BCUT2D eigenvalue weighted by molar-refractivity contribution is 0.126. The molecule has 0 aromatic carbocycles. The molecule has 3 nitrogen and oxygen atoms in total. The van der Waals surface area contributed by atoms with Crippen LogP contribution in [0, 0.1) is 0 Å². The van der Waals surface area contributed by atoms with Crippen LogP contribution in [0.2, 0.25) is 0 Å². The van der Waals surface area contributed by atoms with E-state index in [4.69, 9.17) is 5.90 Å². The third-order valence-electron chi connectivity index (χ3n) is 1.51. The van der Waals surface area contributed by atoms with Gasteiger partial charge in [0.25, 0.3) is 0 Å². The zero-order valence-electron chi connectivity index (χ0n) is 7.54. The van der Waals surface area contributed by atoms with Gasteiger partial charge in [-0.3, -0.25) is 4.90 Å². The van der Waals surface area contributed by atoms with Crippen LogP contribution in [0.15, 0.2) is 25.3 Å². The highest BCUT2D eigenvalue weighted by molar-refractivity contribution is 4.79. The molecule has 0 saturated heterocycles. The summed E-state index contributed by atoms with van der Waals surface area (Å²) in [4.78, 5) is 6.69. The highest BCUT2D eigenvalue weighted by atomic mass is 16.6. The lowest BCUT2D eigenvalue weighted by atomic mass is 10.3. The smallest absolute Gasteiger partial charge is 0.0691 e. The molecule has 0 rings (SSSR count). The Morgan fingerprint density at radius 3 is 2.25 bits per heavy atom. The van der Waals surface area contributed by atoms with Gasteiger partial charge in [0.1, 0.15) is 0 Å². The molecule has 0 bridgehead atoms. The summed E-state index contributed by atoms with van der Waals surface area (Å²) in [6.07, 6.45) is 4.71. The van der Waals surface area contributed by atoms with E-state index in [1.54, 1.807) is 0 Å². The van der Waals surface area contributed by atoms with Gasteiger partial charge in [-0.15, -0.1) is 13.2 Å². The SMILES string of the molecule is C=CCN(CC=C)CCCON. The summed E-state index contributed by atoms with van der Waals surface area (Å²) in [5, 5.41) is 0. The van der Waals surface area contributed by atoms with Gasteiger partial charge in [0.2, 0.25) is 0 Å². The second kappa shape index (κ2) is 8.46. The number of nitrogens with zero attached hydrogens (tertiary/aromatic N) is 1. The third kappa shape index (κ3) is 6.09. The minimum absolute atomic E-state index is 0.602. The molecule has 70 valence electrons. The first-order valence-corrected chi connectivity index (χ1v) is 4.11. The predicted octanol–water partition coefficient (Wildman–Crippen LogP) is 0.941. The first-order chi connectivity index (χ1) is 5.85. The van der Waals surface area contributed by atoms with Gasteiger partial charge in [-0.05, 0) is 6.42 Å². The van der Waals surface area contributed by atoms with Crippen molar-refractivity contribution in [2.75, 3.05) is 26.2 Å². The van der Waals surface area contributed by atoms with Crippen molar-refractivity contribution in [3.8, 4) is 0 Å². The van der Waals surface area contributed by atoms with Crippen molar-refractivity contribution >= 4 is 0 Å². The van der Waals surface area contributed by atoms with Gasteiger partial charge >= 0.3 is 0 Å². The molecule has 0 aliphatic heterocycles. The Hall–Kier alpha value is -0.640. The van der Waals surface area contributed by atoms with Crippen molar-refractivity contribution in [1.82, 2.24) is 4.90 Å². The predicted molar refractivity (Wildman–Crippen MR) is 51.6 cm³/mol. The zero-order chi connectivity index (χ0) is 9.23. The average molecular weight is 170 g/mol. The van der Waals surface area contributed by atoms with Crippen LogP contribution >= 0.6 is 0 Å². The fourth-order valence-electron chi connectivity index (χ4n) is 0.994. The monoisotopic (exact) mass is 170 g/mol. The summed E-state index contributed by atoms with van der Waals surface area (Å²) in [7, 11) is 0. The van der Waals surface area contributed by atoms with Crippen LogP contribution in [0.1, 0.15) is 6.42 Å². The Kier molecular flexibility index (Phi) is 8.01. The van der Waals surface area contributed by atoms with Crippen LogP contribution in [0.4, 0.5) is 0 Å². The number of hydrogen-bond donors (Lipinski definition) is 1. The van der Waals surface area contributed by atoms with Crippen LogP contribution in [-0.2, 0) is 4.84 Å². The second-order valence-corrected chi connectivity index (χ2v) is 2.56. The standard InChI is InChI=1S/C9H18N2O/c1-3-6-11(7-4-2)8-5-9-12-10/h3-4H,1-2,5-10H2. The van der Waals surface area contributed by atoms with Gasteiger partial charge in [-0.2, -0.15) is 0 Å². The maximum Gasteiger partial charge on any atom is 0.0691 e. The first kappa shape index (κ1) is 11.4. The molecule has 3 heteroatoms. The second-order valence-electron chi connectivity index (χ2n) is 2.56. The van der Waals surface area contributed by atoms with Gasteiger partial charge in [-0.1, -0.05) is 12.2 Å². The van der Waals surface area contributed by atoms with Crippen LogP contribution in [0.3, 0.4) is 0 Å². The van der Waals surface area contributed by atoms with Gasteiger partial charge in [0, 0.05) is 19.6 Å². The van der Waals surface area contributed by atoms with E-state index in [1.165, 1.54) is 0 Å². The Labute approximate surface area is 74.4 Å². The molecule has 0 atom stereocenters. The van der Waals surface area contributed by atoms with Crippen molar-refractivity contribution in [3.05, 3.63) is 25.3 Å². The topological polar surface area (TPSA) is 38.5 Å². The molecule has 12 heavy (non-hydrogen) atoms. The summed E-state index contributed by atoms with van der Waals surface area (Å²) in [6.45, 7) is 10.7. The van der Waals surface area contributed by atoms with Gasteiger partial charge in [0.05, 0.1) is 6.61 Å². The lowest BCUT2D eigenvalue weighted by Crippen LogP contribution is -2.26. The van der Waals surface area contributed by atoms with Crippen LogP contribution in [-0.4, -0.2) is 31.1 Å². The number of hydrogen-bond acceptors (Lipinski definition) is 3. The molecule has 0 aliphatic carbocycles. The number of nitrogens with two attached hydrogens (primary N) is 1. The fourth-order valence-corrected chi connectivity index (χ4v) is 0.994. The highest BCUT2D eigenvalue weighted by Crippen LogP contribution is 1.92.